The Labute approximate surface area is 165 Å². The van der Waals surface area contributed by atoms with Crippen molar-refractivity contribution in [1.29, 1.82) is 0 Å². The zero-order valence-electron chi connectivity index (χ0n) is 15.6. The molecule has 8 N–H and O–H groups in total. The first-order chi connectivity index (χ1) is 13.6. The fourth-order valence-electron chi connectivity index (χ4n) is 2.95. The molecular weight excluding hydrogens is 390 g/mol. The molecule has 0 bridgehead atoms. The SMILES string of the molecule is NCC(=O)NC(CC(N)=O)C(=O)N1CCCC1C(=O)NC(CCC(=O)O)C(=O)O. The van der Waals surface area contributed by atoms with Crippen molar-refractivity contribution < 1.29 is 39.0 Å². The molecule has 0 saturated carbocycles. The van der Waals surface area contributed by atoms with Crippen LogP contribution >= 0.6 is 0 Å². The summed E-state index contributed by atoms with van der Waals surface area (Å²) in [6.07, 6.45) is -0.613. The maximum absolute atomic E-state index is 12.8. The predicted molar refractivity (Wildman–Crippen MR) is 96.0 cm³/mol. The fourth-order valence-corrected chi connectivity index (χ4v) is 2.95. The monoisotopic (exact) mass is 415 g/mol. The molecule has 29 heavy (non-hydrogen) atoms. The van der Waals surface area contributed by atoms with Gasteiger partial charge in [-0.25, -0.2) is 4.79 Å². The van der Waals surface area contributed by atoms with Crippen LogP contribution in [0.2, 0.25) is 0 Å². The van der Waals surface area contributed by atoms with Gasteiger partial charge in [0.15, 0.2) is 0 Å². The molecule has 1 aliphatic heterocycles. The van der Waals surface area contributed by atoms with Crippen LogP contribution in [0.15, 0.2) is 0 Å². The van der Waals surface area contributed by atoms with Crippen LogP contribution < -0.4 is 22.1 Å². The number of aliphatic carboxylic acids is 2. The summed E-state index contributed by atoms with van der Waals surface area (Å²) in [6.45, 7) is -0.270. The molecule has 0 aromatic carbocycles. The van der Waals surface area contributed by atoms with Crippen molar-refractivity contribution in [3.8, 4) is 0 Å². The van der Waals surface area contributed by atoms with Crippen LogP contribution in [0.25, 0.3) is 0 Å². The second-order valence-corrected chi connectivity index (χ2v) is 6.52. The van der Waals surface area contributed by atoms with Crippen molar-refractivity contribution in [1.82, 2.24) is 15.5 Å². The molecule has 3 unspecified atom stereocenters. The Kier molecular flexibility index (Phi) is 8.99. The van der Waals surface area contributed by atoms with E-state index in [4.69, 9.17) is 21.7 Å². The molecule has 13 heteroatoms. The third kappa shape index (κ3) is 7.37. The van der Waals surface area contributed by atoms with E-state index in [9.17, 15) is 28.8 Å². The van der Waals surface area contributed by atoms with Crippen molar-refractivity contribution in [3.05, 3.63) is 0 Å². The van der Waals surface area contributed by atoms with Gasteiger partial charge in [0.25, 0.3) is 0 Å². The van der Waals surface area contributed by atoms with Crippen LogP contribution in [0, 0.1) is 0 Å². The summed E-state index contributed by atoms with van der Waals surface area (Å²) in [4.78, 5) is 71.1. The Balaban J connectivity index is 2.89. The third-order valence-electron chi connectivity index (χ3n) is 4.32. The van der Waals surface area contributed by atoms with Gasteiger partial charge in [0.05, 0.1) is 13.0 Å². The average Bonchev–Trinajstić information content (AvgIpc) is 3.12. The van der Waals surface area contributed by atoms with Crippen LogP contribution in [0.4, 0.5) is 0 Å². The Morgan fingerprint density at radius 3 is 2.24 bits per heavy atom. The van der Waals surface area contributed by atoms with Crippen LogP contribution in [0.3, 0.4) is 0 Å². The zero-order valence-corrected chi connectivity index (χ0v) is 15.6. The molecule has 0 spiro atoms. The van der Waals surface area contributed by atoms with E-state index >= 15 is 0 Å². The molecule has 0 radical (unpaired) electrons. The van der Waals surface area contributed by atoms with Crippen molar-refractivity contribution in [2.45, 2.75) is 50.2 Å². The van der Waals surface area contributed by atoms with Gasteiger partial charge >= 0.3 is 11.9 Å². The average molecular weight is 415 g/mol. The largest absolute Gasteiger partial charge is 0.481 e. The van der Waals surface area contributed by atoms with Gasteiger partial charge in [0, 0.05) is 13.0 Å². The van der Waals surface area contributed by atoms with Gasteiger partial charge < -0.3 is 37.2 Å². The second kappa shape index (κ2) is 10.9. The van der Waals surface area contributed by atoms with Crippen LogP contribution in [-0.2, 0) is 28.8 Å². The summed E-state index contributed by atoms with van der Waals surface area (Å²) in [5.41, 5.74) is 10.3. The molecule has 1 saturated heterocycles. The summed E-state index contributed by atoms with van der Waals surface area (Å²) in [5.74, 6) is -5.65. The van der Waals surface area contributed by atoms with Crippen molar-refractivity contribution >= 4 is 35.6 Å². The molecular formula is C16H25N5O8. The molecule has 162 valence electrons. The van der Waals surface area contributed by atoms with Gasteiger partial charge in [0.2, 0.25) is 23.6 Å². The number of nitrogens with zero attached hydrogens (tertiary/aromatic N) is 1. The highest BCUT2D eigenvalue weighted by atomic mass is 16.4. The van der Waals surface area contributed by atoms with Gasteiger partial charge in [-0.1, -0.05) is 0 Å². The number of carboxylic acids is 2. The number of likely N-dealkylation sites (tertiary alicyclic amines) is 1. The lowest BCUT2D eigenvalue weighted by Crippen LogP contribution is -2.56. The molecule has 3 atom stereocenters. The normalized spacial score (nSPS) is 17.8. The molecule has 4 amide bonds. The van der Waals surface area contributed by atoms with E-state index in [-0.39, 0.29) is 19.4 Å². The summed E-state index contributed by atoms with van der Waals surface area (Å²) in [7, 11) is 0. The summed E-state index contributed by atoms with van der Waals surface area (Å²) in [5, 5.41) is 22.4. The molecule has 1 rings (SSSR count). The quantitative estimate of drug-likeness (QED) is 0.199. The summed E-state index contributed by atoms with van der Waals surface area (Å²) < 4.78 is 0. The first-order valence-electron chi connectivity index (χ1n) is 8.90. The number of amides is 4. The molecule has 0 aromatic rings. The smallest absolute Gasteiger partial charge is 0.326 e. The van der Waals surface area contributed by atoms with Gasteiger partial charge in [-0.05, 0) is 19.3 Å². The first kappa shape index (κ1) is 23.8. The third-order valence-corrected chi connectivity index (χ3v) is 4.32. The van der Waals surface area contributed by atoms with E-state index in [0.29, 0.717) is 6.42 Å². The maximum atomic E-state index is 12.8. The fraction of sp³-hybridized carbons (Fsp3) is 0.625. The highest BCUT2D eigenvalue weighted by molar-refractivity contribution is 5.96. The Morgan fingerprint density at radius 1 is 1.07 bits per heavy atom. The highest BCUT2D eigenvalue weighted by Gasteiger charge is 2.39. The molecule has 13 nitrogen and oxygen atoms in total. The van der Waals surface area contributed by atoms with Crippen molar-refractivity contribution in [2.24, 2.45) is 11.5 Å². The Bertz CT molecular complexity index is 682. The Hall–Kier alpha value is -3.22. The Morgan fingerprint density at radius 2 is 1.72 bits per heavy atom. The van der Waals surface area contributed by atoms with Crippen LogP contribution in [-0.4, -0.2) is 81.9 Å². The number of nitrogens with two attached hydrogens (primary N) is 2. The van der Waals surface area contributed by atoms with E-state index in [1.54, 1.807) is 0 Å². The van der Waals surface area contributed by atoms with Gasteiger partial charge in [-0.15, -0.1) is 0 Å². The second-order valence-electron chi connectivity index (χ2n) is 6.52. The van der Waals surface area contributed by atoms with Crippen LogP contribution in [0.5, 0.6) is 0 Å². The maximum Gasteiger partial charge on any atom is 0.326 e. The summed E-state index contributed by atoms with van der Waals surface area (Å²) in [6, 6.07) is -3.77. The van der Waals surface area contributed by atoms with E-state index in [1.807, 2.05) is 0 Å². The number of primary amides is 1. The minimum absolute atomic E-state index is 0.150. The predicted octanol–water partition coefficient (Wildman–Crippen LogP) is -3.27. The number of hydrogen-bond acceptors (Lipinski definition) is 7. The molecule has 0 aliphatic carbocycles. The minimum atomic E-state index is -1.44. The number of carbonyl (C=O) groups is 6. The number of nitrogens with one attached hydrogen (secondary N) is 2. The molecule has 1 heterocycles. The molecule has 1 aliphatic rings. The number of hydrogen-bond donors (Lipinski definition) is 6. The number of carboxylic acid groups (broad SMARTS) is 2. The standard InChI is InChI=1S/C16H25N5O8/c17-7-12(23)19-9(6-11(18)22)15(27)21-5-1-2-10(21)14(26)20-8(16(28)29)3-4-13(24)25/h8-10H,1-7,17H2,(H2,18,22)(H,19,23)(H,20,26)(H,24,25)(H,28,29). The zero-order chi connectivity index (χ0) is 22.1. The van der Waals surface area contributed by atoms with Gasteiger partial charge in [-0.3, -0.25) is 24.0 Å². The van der Waals surface area contributed by atoms with Gasteiger partial charge in [0.1, 0.15) is 18.1 Å². The lowest BCUT2D eigenvalue weighted by molar-refractivity contribution is -0.146. The highest BCUT2D eigenvalue weighted by Crippen LogP contribution is 2.20. The van der Waals surface area contributed by atoms with E-state index in [1.165, 1.54) is 0 Å². The van der Waals surface area contributed by atoms with E-state index < -0.39 is 73.1 Å². The topological polar surface area (TPSA) is 222 Å². The van der Waals surface area contributed by atoms with E-state index in [2.05, 4.69) is 10.6 Å². The number of rotatable bonds is 11. The van der Waals surface area contributed by atoms with Gasteiger partial charge in [-0.2, -0.15) is 0 Å². The van der Waals surface area contributed by atoms with E-state index in [0.717, 1.165) is 4.90 Å². The molecule has 1 fully saturated rings. The first-order valence-corrected chi connectivity index (χ1v) is 8.90. The van der Waals surface area contributed by atoms with Crippen LogP contribution in [0.1, 0.15) is 32.1 Å². The summed E-state index contributed by atoms with van der Waals surface area (Å²) >= 11 is 0. The lowest BCUT2D eigenvalue weighted by Gasteiger charge is -2.29. The number of carbonyl (C=O) groups excluding carboxylic acids is 4. The minimum Gasteiger partial charge on any atom is -0.481 e. The molecule has 0 aromatic heterocycles. The van der Waals surface area contributed by atoms with Crippen molar-refractivity contribution in [2.75, 3.05) is 13.1 Å². The van der Waals surface area contributed by atoms with Crippen molar-refractivity contribution in [3.63, 3.8) is 0 Å². The lowest BCUT2D eigenvalue weighted by atomic mass is 10.1.